The molecule has 1 N–H and O–H groups in total. The van der Waals surface area contributed by atoms with Gasteiger partial charge in [-0.1, -0.05) is 11.6 Å². The highest BCUT2D eigenvalue weighted by molar-refractivity contribution is 6.34. The molecule has 3 rings (SSSR count). The molecule has 0 saturated heterocycles. The van der Waals surface area contributed by atoms with Crippen molar-refractivity contribution in [2.75, 3.05) is 6.54 Å². The van der Waals surface area contributed by atoms with Gasteiger partial charge in [0.05, 0.1) is 35.2 Å². The number of hydrogen-bond acceptors (Lipinski definition) is 4. The maximum absolute atomic E-state index is 12.9. The first-order chi connectivity index (χ1) is 12.8. The van der Waals surface area contributed by atoms with Crippen molar-refractivity contribution in [3.63, 3.8) is 0 Å². The molecule has 0 saturated carbocycles. The number of halogens is 1. The maximum Gasteiger partial charge on any atom is 0.274 e. The first-order valence-electron chi connectivity index (χ1n) is 9.09. The summed E-state index contributed by atoms with van der Waals surface area (Å²) in [6.45, 7) is 7.30. The highest BCUT2D eigenvalue weighted by Gasteiger charge is 2.28. The van der Waals surface area contributed by atoms with Crippen molar-refractivity contribution in [1.82, 2.24) is 29.8 Å². The molecule has 0 atom stereocenters. The molecule has 0 aromatic carbocycles. The van der Waals surface area contributed by atoms with E-state index in [1.165, 1.54) is 4.68 Å². The lowest BCUT2D eigenvalue weighted by Crippen LogP contribution is -2.39. The smallest absolute Gasteiger partial charge is 0.274 e. The van der Waals surface area contributed by atoms with E-state index in [2.05, 4.69) is 15.5 Å². The van der Waals surface area contributed by atoms with Crippen LogP contribution in [-0.4, -0.2) is 48.9 Å². The second-order valence-corrected chi connectivity index (χ2v) is 7.55. The molecule has 9 heteroatoms. The Kier molecular flexibility index (Phi) is 5.55. The number of carbonyl (C=O) groups is 2. The van der Waals surface area contributed by atoms with Gasteiger partial charge in [-0.05, 0) is 26.8 Å². The number of aromatic nitrogens is 4. The number of amides is 2. The molecule has 0 bridgehead atoms. The molecule has 8 nitrogen and oxygen atoms in total. The molecule has 27 heavy (non-hydrogen) atoms. The van der Waals surface area contributed by atoms with E-state index in [-0.39, 0.29) is 17.9 Å². The van der Waals surface area contributed by atoms with E-state index in [1.54, 1.807) is 18.9 Å². The summed E-state index contributed by atoms with van der Waals surface area (Å²) < 4.78 is 3.44. The summed E-state index contributed by atoms with van der Waals surface area (Å²) in [6.07, 6.45) is 0.987. The summed E-state index contributed by atoms with van der Waals surface area (Å²) >= 11 is 6.25. The van der Waals surface area contributed by atoms with Gasteiger partial charge >= 0.3 is 0 Å². The molecule has 0 radical (unpaired) electrons. The van der Waals surface area contributed by atoms with Crippen LogP contribution in [0.5, 0.6) is 0 Å². The Morgan fingerprint density at radius 1 is 1.30 bits per heavy atom. The summed E-state index contributed by atoms with van der Waals surface area (Å²) in [4.78, 5) is 26.5. The minimum Gasteiger partial charge on any atom is -0.354 e. The molecule has 0 spiro atoms. The fraction of sp³-hybridized carbons (Fsp3) is 0.556. The molecular weight excluding hydrogens is 368 g/mol. The summed E-state index contributed by atoms with van der Waals surface area (Å²) in [6, 6.07) is 2.10. The van der Waals surface area contributed by atoms with Crippen LogP contribution >= 0.6 is 11.6 Å². The molecule has 146 valence electrons. The van der Waals surface area contributed by atoms with Gasteiger partial charge in [0.25, 0.3) is 5.91 Å². The van der Waals surface area contributed by atoms with Crippen molar-refractivity contribution < 1.29 is 9.59 Å². The van der Waals surface area contributed by atoms with Gasteiger partial charge in [-0.15, -0.1) is 0 Å². The SMILES string of the molecule is Cc1nn(C)c(C(=O)N2CCn3nc(CCC(=O)NC(C)C)cc3C2)c1Cl. The number of rotatable bonds is 5. The molecule has 2 aromatic heterocycles. The molecule has 1 aliphatic heterocycles. The zero-order valence-electron chi connectivity index (χ0n) is 16.1. The van der Waals surface area contributed by atoms with Crippen molar-refractivity contribution in [2.24, 2.45) is 7.05 Å². The number of fused-ring (bicyclic) bond motifs is 1. The van der Waals surface area contributed by atoms with Crippen molar-refractivity contribution in [1.29, 1.82) is 0 Å². The molecule has 0 unspecified atom stereocenters. The van der Waals surface area contributed by atoms with Crippen LogP contribution in [0.3, 0.4) is 0 Å². The standard InChI is InChI=1S/C18H25ClN6O2/c1-11(2)20-15(26)6-5-13-9-14-10-24(7-8-25(14)22-13)18(27)17-16(19)12(3)21-23(17)4/h9,11H,5-8,10H2,1-4H3,(H,20,26). The fourth-order valence-electron chi connectivity index (χ4n) is 3.27. The normalized spacial score (nSPS) is 13.8. The Hall–Kier alpha value is -2.35. The first-order valence-corrected chi connectivity index (χ1v) is 9.47. The Morgan fingerprint density at radius 3 is 2.67 bits per heavy atom. The number of nitrogens with zero attached hydrogens (tertiary/aromatic N) is 5. The summed E-state index contributed by atoms with van der Waals surface area (Å²) in [5, 5.41) is 12.1. The van der Waals surface area contributed by atoms with Gasteiger partial charge in [0.1, 0.15) is 5.69 Å². The van der Waals surface area contributed by atoms with Crippen LogP contribution in [0.2, 0.25) is 5.02 Å². The minimum atomic E-state index is -0.131. The molecule has 2 aromatic rings. The van der Waals surface area contributed by atoms with E-state index in [9.17, 15) is 9.59 Å². The van der Waals surface area contributed by atoms with E-state index in [1.807, 2.05) is 24.6 Å². The zero-order valence-corrected chi connectivity index (χ0v) is 16.9. The molecule has 2 amide bonds. The van der Waals surface area contributed by atoms with Gasteiger partial charge in [0.2, 0.25) is 5.91 Å². The van der Waals surface area contributed by atoms with Crippen LogP contribution in [0.15, 0.2) is 6.07 Å². The second-order valence-electron chi connectivity index (χ2n) is 7.17. The highest BCUT2D eigenvalue weighted by Crippen LogP contribution is 2.23. The topological polar surface area (TPSA) is 85.1 Å². The van der Waals surface area contributed by atoms with Crippen molar-refractivity contribution in [2.45, 2.75) is 52.7 Å². The Labute approximate surface area is 163 Å². The average Bonchev–Trinajstić information content (AvgIpc) is 3.11. The van der Waals surface area contributed by atoms with Gasteiger partial charge in [-0.3, -0.25) is 19.0 Å². The summed E-state index contributed by atoms with van der Waals surface area (Å²) in [5.41, 5.74) is 2.88. The Balaban J connectivity index is 1.67. The predicted molar refractivity (Wildman–Crippen MR) is 102 cm³/mol. The number of aryl methyl sites for hydroxylation is 3. The molecular formula is C18H25ClN6O2. The number of nitrogens with one attached hydrogen (secondary N) is 1. The number of carbonyl (C=O) groups excluding carboxylic acids is 2. The van der Waals surface area contributed by atoms with Gasteiger partial charge in [0.15, 0.2) is 0 Å². The largest absolute Gasteiger partial charge is 0.354 e. The third-order valence-electron chi connectivity index (χ3n) is 4.55. The van der Waals surface area contributed by atoms with E-state index in [4.69, 9.17) is 11.6 Å². The van der Waals surface area contributed by atoms with Crippen LogP contribution in [0, 0.1) is 6.92 Å². The minimum absolute atomic E-state index is 0.0222. The van der Waals surface area contributed by atoms with Gasteiger partial charge < -0.3 is 10.2 Å². The first kappa shape index (κ1) is 19.4. The maximum atomic E-state index is 12.9. The quantitative estimate of drug-likeness (QED) is 0.839. The second kappa shape index (κ2) is 7.72. The van der Waals surface area contributed by atoms with E-state index >= 15 is 0 Å². The van der Waals surface area contributed by atoms with Crippen molar-refractivity contribution in [3.05, 3.63) is 33.9 Å². The molecule has 0 fully saturated rings. The lowest BCUT2D eigenvalue weighted by molar-refractivity contribution is -0.121. The van der Waals surface area contributed by atoms with Crippen LogP contribution in [0.4, 0.5) is 0 Å². The highest BCUT2D eigenvalue weighted by atomic mass is 35.5. The van der Waals surface area contributed by atoms with Gasteiger partial charge in [-0.25, -0.2) is 0 Å². The van der Waals surface area contributed by atoms with Crippen LogP contribution < -0.4 is 5.32 Å². The summed E-state index contributed by atoms with van der Waals surface area (Å²) in [7, 11) is 1.72. The van der Waals surface area contributed by atoms with E-state index in [0.29, 0.717) is 48.9 Å². The molecule has 0 aliphatic carbocycles. The van der Waals surface area contributed by atoms with Crippen LogP contribution in [0.1, 0.15) is 47.8 Å². The van der Waals surface area contributed by atoms with E-state index < -0.39 is 0 Å². The zero-order chi connectivity index (χ0) is 19.7. The number of hydrogen-bond donors (Lipinski definition) is 1. The van der Waals surface area contributed by atoms with Crippen LogP contribution in [0.25, 0.3) is 0 Å². The average molecular weight is 393 g/mol. The molecule has 3 heterocycles. The fourth-order valence-corrected chi connectivity index (χ4v) is 3.51. The lowest BCUT2D eigenvalue weighted by Gasteiger charge is -2.27. The monoisotopic (exact) mass is 392 g/mol. The lowest BCUT2D eigenvalue weighted by atomic mass is 10.2. The Morgan fingerprint density at radius 2 is 2.04 bits per heavy atom. The van der Waals surface area contributed by atoms with Gasteiger partial charge in [0, 0.05) is 32.5 Å². The van der Waals surface area contributed by atoms with Crippen LogP contribution in [-0.2, 0) is 31.4 Å². The van der Waals surface area contributed by atoms with E-state index in [0.717, 1.165) is 11.4 Å². The predicted octanol–water partition coefficient (Wildman–Crippen LogP) is 1.69. The van der Waals surface area contributed by atoms with Gasteiger partial charge in [-0.2, -0.15) is 10.2 Å². The molecule has 1 aliphatic rings. The third kappa shape index (κ3) is 4.16. The summed E-state index contributed by atoms with van der Waals surface area (Å²) in [5.74, 6) is -0.109. The third-order valence-corrected chi connectivity index (χ3v) is 5.00. The van der Waals surface area contributed by atoms with Crippen molar-refractivity contribution >= 4 is 23.4 Å². The Bertz CT molecular complexity index is 870. The van der Waals surface area contributed by atoms with Crippen molar-refractivity contribution in [3.8, 4) is 0 Å².